The first-order chi connectivity index (χ1) is 16.2. The number of aromatic nitrogens is 1. The van der Waals surface area contributed by atoms with Gasteiger partial charge in [-0.1, -0.05) is 19.1 Å². The number of nitriles is 1. The van der Waals surface area contributed by atoms with E-state index < -0.39 is 33.4 Å². The number of halogens is 1. The number of rotatable bonds is 8. The molecular weight excluding hydrogens is 459 g/mol. The predicted molar refractivity (Wildman–Crippen MR) is 125 cm³/mol. The van der Waals surface area contributed by atoms with E-state index in [1.54, 1.807) is 6.92 Å². The highest BCUT2D eigenvalue weighted by Crippen LogP contribution is 2.29. The predicted octanol–water partition coefficient (Wildman–Crippen LogP) is 3.25. The van der Waals surface area contributed by atoms with Crippen LogP contribution in [0.15, 0.2) is 30.3 Å². The first-order valence-electron chi connectivity index (χ1n) is 11.1. The molecule has 1 fully saturated rings. The summed E-state index contributed by atoms with van der Waals surface area (Å²) in [6, 6.07) is 8.16. The molecule has 0 saturated carbocycles. The number of hydrogen-bond donors (Lipinski definition) is 1. The lowest BCUT2D eigenvalue weighted by Gasteiger charge is -2.29. The van der Waals surface area contributed by atoms with E-state index >= 15 is 0 Å². The Labute approximate surface area is 198 Å². The van der Waals surface area contributed by atoms with Crippen molar-refractivity contribution in [3.05, 3.63) is 58.5 Å². The highest BCUT2D eigenvalue weighted by Gasteiger charge is 2.37. The molecule has 10 heteroatoms. The molecule has 3 rings (SSSR count). The number of ketones is 1. The summed E-state index contributed by atoms with van der Waals surface area (Å²) < 4.78 is 41.0. The molecule has 0 spiro atoms. The third kappa shape index (κ3) is 5.66. The molecule has 0 aliphatic carbocycles. The number of nitrogens with one attached hydrogen (secondary N) is 1. The van der Waals surface area contributed by atoms with E-state index in [4.69, 9.17) is 0 Å². The molecule has 1 aromatic carbocycles. The molecule has 1 amide bonds. The minimum absolute atomic E-state index is 0.171. The van der Waals surface area contributed by atoms with E-state index in [1.165, 1.54) is 18.2 Å². The molecule has 1 aliphatic rings. The van der Waals surface area contributed by atoms with Crippen molar-refractivity contribution < 1.29 is 22.4 Å². The Morgan fingerprint density at radius 2 is 1.88 bits per heavy atom. The zero-order chi connectivity index (χ0) is 24.9. The first-order valence-corrected chi connectivity index (χ1v) is 12.8. The van der Waals surface area contributed by atoms with Gasteiger partial charge in [0.05, 0.1) is 17.0 Å². The summed E-state index contributed by atoms with van der Waals surface area (Å²) in [4.78, 5) is 30.3. The summed E-state index contributed by atoms with van der Waals surface area (Å²) in [5, 5.41) is 12.9. The van der Waals surface area contributed by atoms with Gasteiger partial charge in [-0.05, 0) is 63.0 Å². The van der Waals surface area contributed by atoms with Gasteiger partial charge >= 0.3 is 0 Å². The average Bonchev–Trinajstić information content (AvgIpc) is 2.81. The standard InChI is InChI=1S/C24H27FN4O4S/c1-3-4-22(30)21-13-19(14-26)23(28-16(21)2)29(24(31)18-9-11-27-12-10-18)34(32,33)15-17-5-7-20(25)8-6-17/h5-8,13,18,27H,3-4,9-12,15H2,1-2H3. The lowest BCUT2D eigenvalue weighted by molar-refractivity contribution is -0.121. The second kappa shape index (κ2) is 10.8. The van der Waals surface area contributed by atoms with Crippen LogP contribution in [-0.4, -0.2) is 38.2 Å². The fraction of sp³-hybridized carbons (Fsp3) is 0.417. The Morgan fingerprint density at radius 1 is 1.24 bits per heavy atom. The number of sulfonamides is 1. The van der Waals surface area contributed by atoms with Crippen LogP contribution in [0.25, 0.3) is 0 Å². The normalized spacial score (nSPS) is 14.4. The van der Waals surface area contributed by atoms with Crippen LogP contribution >= 0.6 is 0 Å². The molecule has 0 radical (unpaired) electrons. The molecule has 0 unspecified atom stereocenters. The quantitative estimate of drug-likeness (QED) is 0.569. The minimum Gasteiger partial charge on any atom is -0.317 e. The molecule has 0 bridgehead atoms. The smallest absolute Gasteiger partial charge is 0.247 e. The van der Waals surface area contributed by atoms with E-state index in [1.807, 2.05) is 13.0 Å². The van der Waals surface area contributed by atoms with Crippen molar-refractivity contribution in [2.45, 2.75) is 45.3 Å². The van der Waals surface area contributed by atoms with Crippen molar-refractivity contribution >= 4 is 27.5 Å². The highest BCUT2D eigenvalue weighted by molar-refractivity contribution is 7.92. The molecule has 180 valence electrons. The maximum atomic E-state index is 13.5. The van der Waals surface area contributed by atoms with Gasteiger partial charge in [-0.2, -0.15) is 9.57 Å². The number of nitrogens with zero attached hydrogens (tertiary/aromatic N) is 3. The molecule has 1 N–H and O–H groups in total. The molecule has 0 atom stereocenters. The van der Waals surface area contributed by atoms with Crippen LogP contribution in [0.3, 0.4) is 0 Å². The Hall–Kier alpha value is -3.16. The van der Waals surface area contributed by atoms with E-state index in [-0.39, 0.29) is 40.4 Å². The number of aryl methyl sites for hydroxylation is 1. The van der Waals surface area contributed by atoms with Crippen molar-refractivity contribution in [3.63, 3.8) is 0 Å². The minimum atomic E-state index is -4.34. The van der Waals surface area contributed by atoms with Crippen LogP contribution in [0.4, 0.5) is 10.2 Å². The van der Waals surface area contributed by atoms with E-state index in [0.29, 0.717) is 36.7 Å². The maximum Gasteiger partial charge on any atom is 0.247 e. The third-order valence-electron chi connectivity index (χ3n) is 5.71. The van der Waals surface area contributed by atoms with Gasteiger partial charge in [0.15, 0.2) is 11.6 Å². The summed E-state index contributed by atoms with van der Waals surface area (Å²) in [6.45, 7) is 4.52. The van der Waals surface area contributed by atoms with Crippen LogP contribution in [0.1, 0.15) is 59.8 Å². The topological polar surface area (TPSA) is 120 Å². The number of amides is 1. The Bertz CT molecular complexity index is 1220. The number of carbonyl (C=O) groups is 2. The summed E-state index contributed by atoms with van der Waals surface area (Å²) in [5.41, 5.74) is 0.587. The second-order valence-electron chi connectivity index (χ2n) is 8.29. The van der Waals surface area contributed by atoms with Gasteiger partial charge in [-0.3, -0.25) is 9.59 Å². The molecule has 34 heavy (non-hydrogen) atoms. The number of pyridine rings is 1. The summed E-state index contributed by atoms with van der Waals surface area (Å²) >= 11 is 0. The molecule has 1 saturated heterocycles. The van der Waals surface area contributed by atoms with Crippen molar-refractivity contribution in [1.82, 2.24) is 10.3 Å². The van der Waals surface area contributed by atoms with E-state index in [0.717, 1.165) is 12.1 Å². The van der Waals surface area contributed by atoms with Gasteiger partial charge in [-0.25, -0.2) is 17.8 Å². The van der Waals surface area contributed by atoms with Crippen molar-refractivity contribution in [1.29, 1.82) is 5.26 Å². The van der Waals surface area contributed by atoms with Gasteiger partial charge in [0.25, 0.3) is 0 Å². The highest BCUT2D eigenvalue weighted by atomic mass is 32.2. The van der Waals surface area contributed by atoms with Crippen LogP contribution in [0.5, 0.6) is 0 Å². The second-order valence-corrected chi connectivity index (χ2v) is 10.1. The Kier molecular flexibility index (Phi) is 8.12. The zero-order valence-electron chi connectivity index (χ0n) is 19.2. The number of hydrogen-bond acceptors (Lipinski definition) is 7. The Morgan fingerprint density at radius 3 is 2.47 bits per heavy atom. The molecule has 2 heterocycles. The third-order valence-corrected chi connectivity index (χ3v) is 7.32. The average molecular weight is 487 g/mol. The molecule has 1 aliphatic heterocycles. The van der Waals surface area contributed by atoms with Gasteiger partial charge < -0.3 is 5.32 Å². The van der Waals surface area contributed by atoms with Gasteiger partial charge in [0.1, 0.15) is 11.9 Å². The first kappa shape index (κ1) is 25.5. The van der Waals surface area contributed by atoms with Gasteiger partial charge in [0, 0.05) is 17.9 Å². The van der Waals surface area contributed by atoms with E-state index in [9.17, 15) is 27.7 Å². The number of anilines is 1. The molecular formula is C24H27FN4O4S. The van der Waals surface area contributed by atoms with Crippen LogP contribution in [-0.2, 0) is 20.6 Å². The summed E-state index contributed by atoms with van der Waals surface area (Å²) in [7, 11) is -4.34. The van der Waals surface area contributed by atoms with E-state index in [2.05, 4.69) is 10.3 Å². The fourth-order valence-electron chi connectivity index (χ4n) is 3.94. The van der Waals surface area contributed by atoms with Crippen LogP contribution in [0.2, 0.25) is 0 Å². The summed E-state index contributed by atoms with van der Waals surface area (Å²) in [6.07, 6.45) is 1.74. The lowest BCUT2D eigenvalue weighted by Crippen LogP contribution is -2.45. The number of carbonyl (C=O) groups excluding carboxylic acids is 2. The number of Topliss-reactive ketones (excluding diaryl/α,β-unsaturated/α-hetero) is 1. The van der Waals surface area contributed by atoms with Crippen LogP contribution in [0, 0.1) is 30.0 Å². The molecule has 1 aromatic heterocycles. The molecule has 2 aromatic rings. The van der Waals surface area contributed by atoms with Gasteiger partial charge in [-0.15, -0.1) is 0 Å². The lowest BCUT2D eigenvalue weighted by atomic mass is 9.97. The fourth-order valence-corrected chi connectivity index (χ4v) is 5.51. The monoisotopic (exact) mass is 486 g/mol. The van der Waals surface area contributed by atoms with Crippen molar-refractivity contribution in [2.75, 3.05) is 17.4 Å². The number of piperidine rings is 1. The zero-order valence-corrected chi connectivity index (χ0v) is 20.0. The largest absolute Gasteiger partial charge is 0.317 e. The van der Waals surface area contributed by atoms with Crippen molar-refractivity contribution in [3.8, 4) is 6.07 Å². The van der Waals surface area contributed by atoms with Crippen molar-refractivity contribution in [2.24, 2.45) is 5.92 Å². The van der Waals surface area contributed by atoms with Crippen LogP contribution < -0.4 is 9.62 Å². The Balaban J connectivity index is 2.12. The maximum absolute atomic E-state index is 13.5. The van der Waals surface area contributed by atoms with Gasteiger partial charge in [0.2, 0.25) is 15.9 Å². The molecule has 8 nitrogen and oxygen atoms in total. The SMILES string of the molecule is CCCC(=O)c1cc(C#N)c(N(C(=O)C2CCNCC2)S(=O)(=O)Cc2ccc(F)cc2)nc1C. The number of benzene rings is 1. The summed E-state index contributed by atoms with van der Waals surface area (Å²) in [5.74, 6) is -2.84.